The van der Waals surface area contributed by atoms with Gasteiger partial charge in [-0.2, -0.15) is 0 Å². The lowest BCUT2D eigenvalue weighted by Crippen LogP contribution is -2.32. The third-order valence-electron chi connectivity index (χ3n) is 4.39. The molecule has 1 aromatic rings. The van der Waals surface area contributed by atoms with Crippen molar-refractivity contribution in [2.45, 2.75) is 92.9 Å². The third kappa shape index (κ3) is 5.55. The summed E-state index contributed by atoms with van der Waals surface area (Å²) in [4.78, 5) is 0. The molecule has 0 unspecified atom stereocenters. The van der Waals surface area contributed by atoms with Crippen molar-refractivity contribution in [2.24, 2.45) is 10.8 Å². The van der Waals surface area contributed by atoms with Crippen molar-refractivity contribution in [2.75, 3.05) is 0 Å². The van der Waals surface area contributed by atoms with E-state index in [0.717, 1.165) is 18.4 Å². The molecule has 0 saturated heterocycles. The van der Waals surface area contributed by atoms with Gasteiger partial charge in [-0.3, -0.25) is 0 Å². The quantitative estimate of drug-likeness (QED) is 0.645. The second kappa shape index (κ2) is 6.15. The molecule has 1 N–H and O–H groups in total. The molecular weight excluding hydrogens is 280 g/mol. The van der Waals surface area contributed by atoms with Gasteiger partial charge in [-0.1, -0.05) is 81.4 Å². The van der Waals surface area contributed by atoms with E-state index in [1.807, 2.05) is 12.1 Å². The topological polar surface area (TPSA) is 20.2 Å². The summed E-state index contributed by atoms with van der Waals surface area (Å²) in [6.07, 6.45) is 2.12. The van der Waals surface area contributed by atoms with Crippen LogP contribution < -0.4 is 0 Å². The Kier molecular flexibility index (Phi) is 5.36. The molecule has 132 valence electrons. The van der Waals surface area contributed by atoms with Gasteiger partial charge in [0, 0.05) is 5.56 Å². The molecule has 1 aromatic carbocycles. The molecule has 0 radical (unpaired) electrons. The zero-order valence-corrected chi connectivity index (χ0v) is 17.1. The molecular formula is C22H38O. The second-order valence-electron chi connectivity index (χ2n) is 10.9. The van der Waals surface area contributed by atoms with Gasteiger partial charge in [-0.25, -0.2) is 0 Å². The first-order chi connectivity index (χ1) is 10.1. The standard InChI is InChI=1S/C22H38O/c1-19(2,3)14-21(7,8)16-12-11-13-17(23)18(16)22(9,10)15-20(4,5)6/h11-13,23H,14-15H2,1-10H3. The molecule has 0 aliphatic heterocycles. The van der Waals surface area contributed by atoms with Crippen LogP contribution in [0.3, 0.4) is 0 Å². The fraction of sp³-hybridized carbons (Fsp3) is 0.727. The van der Waals surface area contributed by atoms with Gasteiger partial charge in [0.05, 0.1) is 0 Å². The summed E-state index contributed by atoms with van der Waals surface area (Å²) in [5, 5.41) is 10.7. The van der Waals surface area contributed by atoms with Crippen LogP contribution in [0.25, 0.3) is 0 Å². The number of benzene rings is 1. The van der Waals surface area contributed by atoms with Crippen LogP contribution >= 0.6 is 0 Å². The number of aromatic hydroxyl groups is 1. The van der Waals surface area contributed by atoms with Crippen LogP contribution in [0.2, 0.25) is 0 Å². The predicted octanol–water partition coefficient (Wildman–Crippen LogP) is 6.82. The molecule has 0 aliphatic carbocycles. The minimum atomic E-state index is -0.0614. The van der Waals surface area contributed by atoms with Gasteiger partial charge < -0.3 is 5.11 Å². The highest BCUT2D eigenvalue weighted by Crippen LogP contribution is 2.47. The van der Waals surface area contributed by atoms with Gasteiger partial charge in [0.2, 0.25) is 0 Å². The van der Waals surface area contributed by atoms with Crippen LogP contribution in [0, 0.1) is 10.8 Å². The largest absolute Gasteiger partial charge is 0.508 e. The summed E-state index contributed by atoms with van der Waals surface area (Å²) in [6.45, 7) is 22.8. The SMILES string of the molecule is CC(C)(C)CC(C)(C)c1cccc(O)c1C(C)(C)CC(C)(C)C. The lowest BCUT2D eigenvalue weighted by Gasteiger charge is -2.40. The molecule has 0 atom stereocenters. The van der Waals surface area contributed by atoms with Gasteiger partial charge in [-0.05, 0) is 46.1 Å². The molecule has 0 aliphatic rings. The Morgan fingerprint density at radius 3 is 1.57 bits per heavy atom. The van der Waals surface area contributed by atoms with Crippen molar-refractivity contribution in [3.63, 3.8) is 0 Å². The summed E-state index contributed by atoms with van der Waals surface area (Å²) in [7, 11) is 0. The highest BCUT2D eigenvalue weighted by atomic mass is 16.3. The Bertz CT molecular complexity index is 536. The highest BCUT2D eigenvalue weighted by Gasteiger charge is 2.37. The summed E-state index contributed by atoms with van der Waals surface area (Å²) >= 11 is 0. The van der Waals surface area contributed by atoms with Crippen molar-refractivity contribution < 1.29 is 5.11 Å². The maximum atomic E-state index is 10.7. The Hall–Kier alpha value is -0.980. The van der Waals surface area contributed by atoms with Crippen molar-refractivity contribution in [3.8, 4) is 5.75 Å². The van der Waals surface area contributed by atoms with Crippen molar-refractivity contribution in [1.82, 2.24) is 0 Å². The number of phenolic OH excluding ortho intramolecular Hbond substituents is 1. The minimum absolute atomic E-state index is 0.0292. The number of rotatable bonds is 4. The van der Waals surface area contributed by atoms with Crippen molar-refractivity contribution >= 4 is 0 Å². The first-order valence-corrected chi connectivity index (χ1v) is 8.88. The zero-order valence-electron chi connectivity index (χ0n) is 17.1. The Balaban J connectivity index is 3.45. The maximum absolute atomic E-state index is 10.7. The molecule has 1 heteroatoms. The average molecular weight is 319 g/mol. The van der Waals surface area contributed by atoms with Crippen LogP contribution in [0.4, 0.5) is 0 Å². The molecule has 0 fully saturated rings. The monoisotopic (exact) mass is 318 g/mol. The number of hydrogen-bond acceptors (Lipinski definition) is 1. The summed E-state index contributed by atoms with van der Waals surface area (Å²) < 4.78 is 0. The third-order valence-corrected chi connectivity index (χ3v) is 4.39. The smallest absolute Gasteiger partial charge is 0.119 e. The van der Waals surface area contributed by atoms with Crippen LogP contribution in [-0.2, 0) is 10.8 Å². The van der Waals surface area contributed by atoms with Gasteiger partial charge in [0.15, 0.2) is 0 Å². The van der Waals surface area contributed by atoms with Crippen LogP contribution in [0.1, 0.15) is 93.2 Å². The molecule has 0 saturated carbocycles. The molecule has 1 rings (SSSR count). The minimum Gasteiger partial charge on any atom is -0.508 e. The van der Waals surface area contributed by atoms with Gasteiger partial charge in [-0.15, -0.1) is 0 Å². The molecule has 0 amide bonds. The summed E-state index contributed by atoms with van der Waals surface area (Å²) in [5.74, 6) is 0.443. The van der Waals surface area contributed by atoms with Gasteiger partial charge in [0.1, 0.15) is 5.75 Å². The van der Waals surface area contributed by atoms with E-state index in [9.17, 15) is 5.11 Å². The van der Waals surface area contributed by atoms with Gasteiger partial charge in [0.25, 0.3) is 0 Å². The highest BCUT2D eigenvalue weighted by molar-refractivity contribution is 5.47. The number of phenols is 1. The van der Waals surface area contributed by atoms with E-state index in [1.165, 1.54) is 5.56 Å². The fourth-order valence-electron chi connectivity index (χ4n) is 4.65. The normalized spacial score (nSPS) is 14.2. The Labute approximate surface area is 144 Å². The van der Waals surface area contributed by atoms with Crippen molar-refractivity contribution in [3.05, 3.63) is 29.3 Å². The Morgan fingerprint density at radius 2 is 1.13 bits per heavy atom. The molecule has 0 heterocycles. The fourth-order valence-corrected chi connectivity index (χ4v) is 4.65. The van der Waals surface area contributed by atoms with Crippen LogP contribution in [0.5, 0.6) is 5.75 Å². The van der Waals surface area contributed by atoms with E-state index in [0.29, 0.717) is 5.75 Å². The molecule has 0 bridgehead atoms. The molecule has 23 heavy (non-hydrogen) atoms. The zero-order chi connectivity index (χ0) is 18.3. The molecule has 1 nitrogen and oxygen atoms in total. The van der Waals surface area contributed by atoms with E-state index in [1.54, 1.807) is 0 Å². The lowest BCUT2D eigenvalue weighted by molar-refractivity contribution is 0.259. The van der Waals surface area contributed by atoms with E-state index in [4.69, 9.17) is 0 Å². The first kappa shape index (κ1) is 20.1. The van der Waals surface area contributed by atoms with E-state index >= 15 is 0 Å². The van der Waals surface area contributed by atoms with E-state index < -0.39 is 0 Å². The first-order valence-electron chi connectivity index (χ1n) is 8.88. The summed E-state index contributed by atoms with van der Waals surface area (Å²) in [6, 6.07) is 6.05. The predicted molar refractivity (Wildman–Crippen MR) is 102 cm³/mol. The summed E-state index contributed by atoms with van der Waals surface area (Å²) in [5.41, 5.74) is 2.86. The van der Waals surface area contributed by atoms with E-state index in [2.05, 4.69) is 75.3 Å². The van der Waals surface area contributed by atoms with E-state index in [-0.39, 0.29) is 21.7 Å². The average Bonchev–Trinajstić information content (AvgIpc) is 2.21. The Morgan fingerprint density at radius 1 is 0.696 bits per heavy atom. The number of hydrogen-bond donors (Lipinski definition) is 1. The van der Waals surface area contributed by atoms with Crippen LogP contribution in [-0.4, -0.2) is 5.11 Å². The molecule has 0 aromatic heterocycles. The van der Waals surface area contributed by atoms with Crippen molar-refractivity contribution in [1.29, 1.82) is 0 Å². The molecule has 0 spiro atoms. The van der Waals surface area contributed by atoms with Crippen LogP contribution in [0.15, 0.2) is 18.2 Å². The van der Waals surface area contributed by atoms with Gasteiger partial charge >= 0.3 is 0 Å². The lowest BCUT2D eigenvalue weighted by atomic mass is 9.64. The maximum Gasteiger partial charge on any atom is 0.119 e. The second-order valence-corrected chi connectivity index (χ2v) is 10.9.